The Hall–Kier alpha value is -1.93. The minimum absolute atomic E-state index is 0.0828. The second kappa shape index (κ2) is 7.31. The van der Waals surface area contributed by atoms with Crippen molar-refractivity contribution in [3.63, 3.8) is 0 Å². The second-order valence-corrected chi connectivity index (χ2v) is 7.88. The predicted molar refractivity (Wildman–Crippen MR) is 88.7 cm³/mol. The van der Waals surface area contributed by atoms with Crippen LogP contribution in [-0.2, 0) is 19.6 Å². The van der Waals surface area contributed by atoms with E-state index in [1.165, 1.54) is 31.2 Å². The normalized spacial score (nSPS) is 17.1. The van der Waals surface area contributed by atoms with Crippen LogP contribution >= 0.6 is 0 Å². The average molecular weight is 354 g/mol. The van der Waals surface area contributed by atoms with E-state index in [1.54, 1.807) is 0 Å². The molecule has 7 nitrogen and oxygen atoms in total. The van der Waals surface area contributed by atoms with Crippen LogP contribution in [0.15, 0.2) is 29.2 Å². The van der Waals surface area contributed by atoms with Crippen LogP contribution in [0, 0.1) is 0 Å². The van der Waals surface area contributed by atoms with Crippen LogP contribution in [-0.4, -0.2) is 30.9 Å². The van der Waals surface area contributed by atoms with Crippen molar-refractivity contribution in [1.29, 1.82) is 0 Å². The third-order valence-corrected chi connectivity index (χ3v) is 5.40. The largest absolute Gasteiger partial charge is 0.389 e. The maximum absolute atomic E-state index is 12.2. The summed E-state index contributed by atoms with van der Waals surface area (Å²) in [6.45, 7) is 1.35. The topological polar surface area (TPSA) is 113 Å². The molecule has 0 atom stereocenters. The number of benzene rings is 1. The molecule has 0 aromatic heterocycles. The SMILES string of the molecule is CC(=O)Nc1ccc(S(=O)(=O)NC(=O)CC2(O)CCCCC2)cc1. The Morgan fingerprint density at radius 3 is 2.25 bits per heavy atom. The Balaban J connectivity index is 2.02. The lowest BCUT2D eigenvalue weighted by molar-refractivity contribution is -0.125. The zero-order chi connectivity index (χ0) is 17.8. The summed E-state index contributed by atoms with van der Waals surface area (Å²) in [5.74, 6) is -0.982. The third-order valence-electron chi connectivity index (χ3n) is 4.01. The van der Waals surface area contributed by atoms with E-state index in [0.29, 0.717) is 18.5 Å². The Kier molecular flexibility index (Phi) is 5.61. The minimum Gasteiger partial charge on any atom is -0.389 e. The molecule has 24 heavy (non-hydrogen) atoms. The van der Waals surface area contributed by atoms with Crippen LogP contribution in [0.5, 0.6) is 0 Å². The number of carbonyl (C=O) groups excluding carboxylic acids is 2. The molecular weight excluding hydrogens is 332 g/mol. The van der Waals surface area contributed by atoms with E-state index in [9.17, 15) is 23.1 Å². The molecule has 1 aliphatic carbocycles. The van der Waals surface area contributed by atoms with E-state index in [1.807, 2.05) is 4.72 Å². The molecular formula is C16H22N2O5S. The first-order valence-electron chi connectivity index (χ1n) is 7.86. The first-order valence-corrected chi connectivity index (χ1v) is 9.34. The van der Waals surface area contributed by atoms with E-state index in [2.05, 4.69) is 5.32 Å². The van der Waals surface area contributed by atoms with Crippen molar-refractivity contribution in [2.24, 2.45) is 0 Å². The Bertz CT molecular complexity index is 706. The lowest BCUT2D eigenvalue weighted by atomic mass is 9.82. The molecule has 1 aromatic rings. The molecule has 1 aliphatic rings. The van der Waals surface area contributed by atoms with Crippen molar-refractivity contribution < 1.29 is 23.1 Å². The highest BCUT2D eigenvalue weighted by atomic mass is 32.2. The Morgan fingerprint density at radius 1 is 1.12 bits per heavy atom. The molecule has 1 saturated carbocycles. The van der Waals surface area contributed by atoms with Crippen LogP contribution in [0.1, 0.15) is 45.4 Å². The summed E-state index contributed by atoms with van der Waals surface area (Å²) >= 11 is 0. The molecule has 8 heteroatoms. The second-order valence-electron chi connectivity index (χ2n) is 6.20. The van der Waals surface area contributed by atoms with Gasteiger partial charge in [-0.2, -0.15) is 0 Å². The summed E-state index contributed by atoms with van der Waals surface area (Å²) < 4.78 is 26.4. The fourth-order valence-electron chi connectivity index (χ4n) is 2.85. The molecule has 0 aliphatic heterocycles. The van der Waals surface area contributed by atoms with Gasteiger partial charge in [0.2, 0.25) is 11.8 Å². The fourth-order valence-corrected chi connectivity index (χ4v) is 3.84. The number of hydrogen-bond acceptors (Lipinski definition) is 5. The maximum atomic E-state index is 12.2. The van der Waals surface area contributed by atoms with Crippen molar-refractivity contribution in [2.45, 2.75) is 55.9 Å². The van der Waals surface area contributed by atoms with Crippen LogP contribution < -0.4 is 10.0 Å². The summed E-state index contributed by atoms with van der Waals surface area (Å²) in [5.41, 5.74) is -0.656. The highest BCUT2D eigenvalue weighted by molar-refractivity contribution is 7.90. The molecule has 0 bridgehead atoms. The minimum atomic E-state index is -4.01. The molecule has 1 aromatic carbocycles. The number of hydrogen-bond donors (Lipinski definition) is 3. The summed E-state index contributed by atoms with van der Waals surface area (Å²) in [6.07, 6.45) is 3.47. The van der Waals surface area contributed by atoms with Crippen molar-refractivity contribution in [2.75, 3.05) is 5.32 Å². The summed E-state index contributed by atoms with van der Waals surface area (Å²) in [4.78, 5) is 22.9. The summed E-state index contributed by atoms with van der Waals surface area (Å²) in [5, 5.41) is 12.9. The molecule has 0 radical (unpaired) electrons. The van der Waals surface area contributed by atoms with Gasteiger partial charge >= 0.3 is 0 Å². The highest BCUT2D eigenvalue weighted by Crippen LogP contribution is 2.30. The molecule has 0 heterocycles. The smallest absolute Gasteiger partial charge is 0.264 e. The average Bonchev–Trinajstić information content (AvgIpc) is 2.46. The Labute approximate surface area is 141 Å². The van der Waals surface area contributed by atoms with Crippen molar-refractivity contribution in [3.8, 4) is 0 Å². The number of aliphatic hydroxyl groups is 1. The van der Waals surface area contributed by atoms with E-state index in [-0.39, 0.29) is 17.2 Å². The zero-order valence-corrected chi connectivity index (χ0v) is 14.4. The first kappa shape index (κ1) is 18.4. The molecule has 3 N–H and O–H groups in total. The molecule has 2 rings (SSSR count). The molecule has 0 unspecified atom stereocenters. The van der Waals surface area contributed by atoms with Crippen LogP contribution in [0.25, 0.3) is 0 Å². The van der Waals surface area contributed by atoms with E-state index >= 15 is 0 Å². The van der Waals surface area contributed by atoms with Gasteiger partial charge in [-0.25, -0.2) is 13.1 Å². The van der Waals surface area contributed by atoms with Gasteiger partial charge in [-0.15, -0.1) is 0 Å². The molecule has 2 amide bonds. The van der Waals surface area contributed by atoms with E-state index in [4.69, 9.17) is 0 Å². The number of anilines is 1. The van der Waals surface area contributed by atoms with Crippen LogP contribution in [0.4, 0.5) is 5.69 Å². The predicted octanol–water partition coefficient (Wildman–Crippen LogP) is 1.54. The molecule has 0 saturated heterocycles. The van der Waals surface area contributed by atoms with Crippen molar-refractivity contribution >= 4 is 27.5 Å². The maximum Gasteiger partial charge on any atom is 0.264 e. The van der Waals surface area contributed by atoms with Gasteiger partial charge in [-0.3, -0.25) is 9.59 Å². The molecule has 1 fully saturated rings. The van der Waals surface area contributed by atoms with Crippen molar-refractivity contribution in [1.82, 2.24) is 4.72 Å². The quantitative estimate of drug-likeness (QED) is 0.742. The van der Waals surface area contributed by atoms with Gasteiger partial charge in [0.25, 0.3) is 10.0 Å². The monoisotopic (exact) mass is 354 g/mol. The van der Waals surface area contributed by atoms with Gasteiger partial charge in [-0.05, 0) is 37.1 Å². The molecule has 0 spiro atoms. The first-order chi connectivity index (χ1) is 11.2. The number of carbonyl (C=O) groups is 2. The third kappa shape index (κ3) is 5.04. The van der Waals surface area contributed by atoms with Gasteiger partial charge in [0, 0.05) is 12.6 Å². The van der Waals surface area contributed by atoms with Crippen LogP contribution in [0.2, 0.25) is 0 Å². The van der Waals surface area contributed by atoms with Gasteiger partial charge in [0.05, 0.1) is 16.9 Å². The number of nitrogens with one attached hydrogen (secondary N) is 2. The zero-order valence-electron chi connectivity index (χ0n) is 13.5. The standard InChI is InChI=1S/C16H22N2O5S/c1-12(19)17-13-5-7-14(8-6-13)24(22,23)18-15(20)11-16(21)9-3-2-4-10-16/h5-8,21H,2-4,9-11H2,1H3,(H,17,19)(H,18,20). The number of sulfonamides is 1. The number of rotatable bonds is 5. The van der Waals surface area contributed by atoms with Gasteiger partial charge in [0.1, 0.15) is 0 Å². The lowest BCUT2D eigenvalue weighted by Crippen LogP contribution is -2.40. The summed E-state index contributed by atoms with van der Waals surface area (Å²) in [7, 11) is -4.01. The van der Waals surface area contributed by atoms with Crippen LogP contribution in [0.3, 0.4) is 0 Å². The van der Waals surface area contributed by atoms with E-state index < -0.39 is 21.5 Å². The van der Waals surface area contributed by atoms with Gasteiger partial charge in [-0.1, -0.05) is 19.3 Å². The van der Waals surface area contributed by atoms with E-state index in [0.717, 1.165) is 19.3 Å². The number of amides is 2. The van der Waals surface area contributed by atoms with Gasteiger partial charge < -0.3 is 10.4 Å². The molecule has 132 valence electrons. The van der Waals surface area contributed by atoms with Gasteiger partial charge in [0.15, 0.2) is 0 Å². The summed E-state index contributed by atoms with van der Waals surface area (Å²) in [6, 6.07) is 5.48. The van der Waals surface area contributed by atoms with Crippen molar-refractivity contribution in [3.05, 3.63) is 24.3 Å². The highest BCUT2D eigenvalue weighted by Gasteiger charge is 2.33. The Morgan fingerprint density at radius 2 is 1.71 bits per heavy atom. The fraction of sp³-hybridized carbons (Fsp3) is 0.500. The lowest BCUT2D eigenvalue weighted by Gasteiger charge is -2.31.